The van der Waals surface area contributed by atoms with Crippen LogP contribution in [0.1, 0.15) is 18.5 Å². The monoisotopic (exact) mass is 422 g/mol. The first-order valence-electron chi connectivity index (χ1n) is 9.33. The molecule has 1 aliphatic heterocycles. The lowest BCUT2D eigenvalue weighted by molar-refractivity contribution is -0.0494. The summed E-state index contributed by atoms with van der Waals surface area (Å²) in [6, 6.07) is 6.60. The third kappa shape index (κ3) is 4.25. The van der Waals surface area contributed by atoms with E-state index in [0.717, 1.165) is 31.6 Å². The lowest BCUT2D eigenvalue weighted by Crippen LogP contribution is -2.40. The van der Waals surface area contributed by atoms with Gasteiger partial charge in [-0.05, 0) is 57.6 Å². The van der Waals surface area contributed by atoms with Crippen molar-refractivity contribution in [1.29, 1.82) is 0 Å². The second-order valence-electron chi connectivity index (χ2n) is 7.22. The largest absolute Gasteiger partial charge is 0.434 e. The average Bonchev–Trinajstić information content (AvgIpc) is 3.04. The number of anilines is 1. The van der Waals surface area contributed by atoms with Crippen LogP contribution >= 0.6 is 11.6 Å². The molecule has 29 heavy (non-hydrogen) atoms. The zero-order chi connectivity index (χ0) is 20.5. The summed E-state index contributed by atoms with van der Waals surface area (Å²) in [6.45, 7) is 0.845. The second-order valence-corrected chi connectivity index (χ2v) is 7.66. The predicted octanol–water partition coefficient (Wildman–Crippen LogP) is 3.86. The highest BCUT2D eigenvalue weighted by atomic mass is 35.5. The van der Waals surface area contributed by atoms with Gasteiger partial charge in [0.15, 0.2) is 0 Å². The van der Waals surface area contributed by atoms with Gasteiger partial charge in [0.25, 0.3) is 0 Å². The summed E-state index contributed by atoms with van der Waals surface area (Å²) in [5, 5.41) is 16.8. The fourth-order valence-corrected chi connectivity index (χ4v) is 3.82. The van der Waals surface area contributed by atoms with E-state index in [4.69, 9.17) is 11.6 Å². The SMILES string of the molecule is Cc1cc2c(-c3ccc(Cl)cc3OC(F)F)nnc(N[C@H]3CCCN(C)C3)n2n1. The number of likely N-dealkylation sites (tertiary alicyclic amines) is 1. The third-order valence-corrected chi connectivity index (χ3v) is 5.13. The number of aromatic nitrogens is 4. The second kappa shape index (κ2) is 8.08. The van der Waals surface area contributed by atoms with E-state index in [-0.39, 0.29) is 16.8 Å². The molecule has 0 bridgehead atoms. The number of piperidine rings is 1. The van der Waals surface area contributed by atoms with E-state index in [1.54, 1.807) is 16.6 Å². The quantitative estimate of drug-likeness (QED) is 0.673. The zero-order valence-electron chi connectivity index (χ0n) is 16.1. The number of halogens is 3. The molecule has 1 aromatic carbocycles. The number of aryl methyl sites for hydroxylation is 1. The summed E-state index contributed by atoms with van der Waals surface area (Å²) in [6.07, 6.45) is 2.12. The molecule has 3 heterocycles. The summed E-state index contributed by atoms with van der Waals surface area (Å²) in [5.41, 5.74) is 2.17. The van der Waals surface area contributed by atoms with Crippen molar-refractivity contribution in [3.63, 3.8) is 0 Å². The maximum Gasteiger partial charge on any atom is 0.387 e. The van der Waals surface area contributed by atoms with Gasteiger partial charge in [-0.15, -0.1) is 10.2 Å². The highest BCUT2D eigenvalue weighted by molar-refractivity contribution is 6.30. The molecule has 1 N–H and O–H groups in total. The molecular formula is C19H21ClF2N6O. The molecule has 2 aromatic heterocycles. The van der Waals surface area contributed by atoms with Crippen molar-refractivity contribution < 1.29 is 13.5 Å². The Bertz CT molecular complexity index is 1030. The molecule has 4 rings (SSSR count). The average molecular weight is 423 g/mol. The van der Waals surface area contributed by atoms with Crippen molar-refractivity contribution in [3.05, 3.63) is 35.0 Å². The van der Waals surface area contributed by atoms with Crippen molar-refractivity contribution in [2.75, 3.05) is 25.5 Å². The van der Waals surface area contributed by atoms with Gasteiger partial charge >= 0.3 is 6.61 Å². The van der Waals surface area contributed by atoms with Gasteiger partial charge in [-0.3, -0.25) is 0 Å². The standard InChI is InChI=1S/C19H21ClF2N6O/c1-11-8-15-17(14-6-5-12(20)9-16(14)29-18(21)22)24-25-19(28(15)26-11)23-13-4-3-7-27(2)10-13/h5-6,8-9,13,18H,3-4,7,10H2,1-2H3,(H,23,25)/t13-/m0/s1. The van der Waals surface area contributed by atoms with Crippen LogP contribution in [0.4, 0.5) is 14.7 Å². The van der Waals surface area contributed by atoms with Crippen molar-refractivity contribution in [2.45, 2.75) is 32.4 Å². The van der Waals surface area contributed by atoms with Crippen LogP contribution in [0.25, 0.3) is 16.8 Å². The van der Waals surface area contributed by atoms with E-state index >= 15 is 0 Å². The van der Waals surface area contributed by atoms with E-state index in [0.29, 0.717) is 22.7 Å². The van der Waals surface area contributed by atoms with Crippen molar-refractivity contribution in [3.8, 4) is 17.0 Å². The van der Waals surface area contributed by atoms with Gasteiger partial charge in [0.1, 0.15) is 11.4 Å². The van der Waals surface area contributed by atoms with Gasteiger partial charge < -0.3 is 15.0 Å². The topological polar surface area (TPSA) is 67.6 Å². The Hall–Kier alpha value is -2.52. The van der Waals surface area contributed by atoms with Gasteiger partial charge in [-0.2, -0.15) is 18.4 Å². The number of fused-ring (bicyclic) bond motifs is 1. The minimum Gasteiger partial charge on any atom is -0.434 e. The van der Waals surface area contributed by atoms with Gasteiger partial charge in [-0.1, -0.05) is 11.6 Å². The molecular weight excluding hydrogens is 402 g/mol. The van der Waals surface area contributed by atoms with Crippen LogP contribution in [0, 0.1) is 6.92 Å². The number of likely N-dealkylation sites (N-methyl/N-ethyl adjacent to an activating group) is 1. The van der Waals surface area contributed by atoms with Crippen LogP contribution < -0.4 is 10.1 Å². The molecule has 0 unspecified atom stereocenters. The Labute approximate surface area is 171 Å². The minimum absolute atomic E-state index is 0.0582. The number of ether oxygens (including phenoxy) is 1. The summed E-state index contributed by atoms with van der Waals surface area (Å²) < 4.78 is 32.1. The van der Waals surface area contributed by atoms with Crippen LogP contribution in [0.5, 0.6) is 5.75 Å². The van der Waals surface area contributed by atoms with Gasteiger partial charge in [-0.25, -0.2) is 0 Å². The molecule has 0 saturated carbocycles. The Morgan fingerprint density at radius 2 is 2.10 bits per heavy atom. The van der Waals surface area contributed by atoms with Gasteiger partial charge in [0.05, 0.1) is 11.2 Å². The van der Waals surface area contributed by atoms with E-state index in [2.05, 4.69) is 37.3 Å². The van der Waals surface area contributed by atoms with Crippen LogP contribution in [0.3, 0.4) is 0 Å². The summed E-state index contributed by atoms with van der Waals surface area (Å²) in [7, 11) is 2.08. The predicted molar refractivity (Wildman–Crippen MR) is 107 cm³/mol. The highest BCUT2D eigenvalue weighted by Gasteiger charge is 2.22. The first-order chi connectivity index (χ1) is 13.9. The van der Waals surface area contributed by atoms with E-state index in [9.17, 15) is 8.78 Å². The lowest BCUT2D eigenvalue weighted by atomic mass is 10.1. The number of hydrogen-bond donors (Lipinski definition) is 1. The molecule has 1 saturated heterocycles. The number of benzene rings is 1. The summed E-state index contributed by atoms with van der Waals surface area (Å²) >= 11 is 5.96. The summed E-state index contributed by atoms with van der Waals surface area (Å²) in [4.78, 5) is 2.26. The molecule has 1 aliphatic rings. The van der Waals surface area contributed by atoms with Gasteiger partial charge in [0.2, 0.25) is 5.95 Å². The molecule has 1 atom stereocenters. The maximum atomic E-state index is 12.9. The molecule has 154 valence electrons. The molecule has 0 aliphatic carbocycles. The van der Waals surface area contributed by atoms with E-state index in [1.807, 2.05) is 13.0 Å². The Morgan fingerprint density at radius 3 is 2.86 bits per heavy atom. The number of alkyl halides is 2. The molecule has 3 aromatic rings. The molecule has 0 amide bonds. The first-order valence-corrected chi connectivity index (χ1v) is 9.71. The number of nitrogens with one attached hydrogen (secondary N) is 1. The van der Waals surface area contributed by atoms with Crippen LogP contribution in [-0.4, -0.2) is 57.5 Å². The van der Waals surface area contributed by atoms with Crippen molar-refractivity contribution >= 4 is 23.1 Å². The van der Waals surface area contributed by atoms with Crippen LogP contribution in [-0.2, 0) is 0 Å². The van der Waals surface area contributed by atoms with Crippen molar-refractivity contribution in [2.24, 2.45) is 0 Å². The molecule has 7 nitrogen and oxygen atoms in total. The lowest BCUT2D eigenvalue weighted by Gasteiger charge is -2.30. The Balaban J connectivity index is 1.76. The van der Waals surface area contributed by atoms with Crippen molar-refractivity contribution in [1.82, 2.24) is 24.7 Å². The smallest absolute Gasteiger partial charge is 0.387 e. The fourth-order valence-electron chi connectivity index (χ4n) is 3.65. The van der Waals surface area contributed by atoms with E-state index in [1.165, 1.54) is 6.07 Å². The highest BCUT2D eigenvalue weighted by Crippen LogP contribution is 2.35. The van der Waals surface area contributed by atoms with E-state index < -0.39 is 6.61 Å². The summed E-state index contributed by atoms with van der Waals surface area (Å²) in [5.74, 6) is 0.458. The molecule has 0 spiro atoms. The zero-order valence-corrected chi connectivity index (χ0v) is 16.8. The Morgan fingerprint density at radius 1 is 1.28 bits per heavy atom. The minimum atomic E-state index is -2.98. The van der Waals surface area contributed by atoms with Crippen LogP contribution in [0.2, 0.25) is 5.02 Å². The van der Waals surface area contributed by atoms with Gasteiger partial charge in [0, 0.05) is 23.2 Å². The maximum absolute atomic E-state index is 12.9. The molecule has 10 heteroatoms. The number of rotatable bonds is 5. The molecule has 1 fully saturated rings. The molecule has 0 radical (unpaired) electrons. The Kier molecular flexibility index (Phi) is 5.51. The van der Waals surface area contributed by atoms with Crippen LogP contribution in [0.15, 0.2) is 24.3 Å². The normalized spacial score (nSPS) is 17.8. The third-order valence-electron chi connectivity index (χ3n) is 4.89. The number of nitrogens with zero attached hydrogens (tertiary/aromatic N) is 5. The first kappa shape index (κ1) is 19.8. The number of hydrogen-bond acceptors (Lipinski definition) is 6. The fraction of sp³-hybridized carbons (Fsp3) is 0.421.